The van der Waals surface area contributed by atoms with Crippen molar-refractivity contribution in [2.45, 2.75) is 35.9 Å². The second kappa shape index (κ2) is 7.68. The summed E-state index contributed by atoms with van der Waals surface area (Å²) in [5.74, 6) is 0.863. The van der Waals surface area contributed by atoms with E-state index in [0.29, 0.717) is 10.2 Å². The molecule has 4 aromatic rings. The van der Waals surface area contributed by atoms with Gasteiger partial charge < -0.3 is 15.6 Å². The molecule has 3 N–H and O–H groups in total. The van der Waals surface area contributed by atoms with E-state index in [1.165, 1.54) is 11.8 Å². The molecule has 4 heterocycles. The van der Waals surface area contributed by atoms with Crippen molar-refractivity contribution in [2.24, 2.45) is 12.8 Å². The van der Waals surface area contributed by atoms with Crippen molar-refractivity contribution in [1.82, 2.24) is 19.9 Å². The van der Waals surface area contributed by atoms with Gasteiger partial charge in [-0.15, -0.1) is 0 Å². The van der Waals surface area contributed by atoms with Gasteiger partial charge in [-0.2, -0.15) is 0 Å². The minimum Gasteiger partial charge on any atom is -0.354 e. The van der Waals surface area contributed by atoms with E-state index < -0.39 is 0 Å². The molecular weight excluding hydrogens is 418 g/mol. The Morgan fingerprint density at radius 1 is 1.37 bits per heavy atom. The summed E-state index contributed by atoms with van der Waals surface area (Å²) in [6.45, 7) is 3.72. The Morgan fingerprint density at radius 3 is 3.00 bits per heavy atom. The highest BCUT2D eigenvalue weighted by molar-refractivity contribution is 7.99. The molecule has 1 aliphatic heterocycles. The lowest BCUT2D eigenvalue weighted by molar-refractivity contribution is -0.673. The summed E-state index contributed by atoms with van der Waals surface area (Å²) in [6, 6.07) is 6.37. The number of halogens is 1. The molecule has 7 nitrogen and oxygen atoms in total. The van der Waals surface area contributed by atoms with Gasteiger partial charge in [0.25, 0.3) is 6.33 Å². The number of nitrogens with zero attached hydrogens (tertiary/aromatic N) is 5. The number of rotatable bonds is 4. The van der Waals surface area contributed by atoms with Crippen molar-refractivity contribution in [2.75, 3.05) is 18.0 Å². The second-order valence-electron chi connectivity index (χ2n) is 7.68. The van der Waals surface area contributed by atoms with Gasteiger partial charge in [0.05, 0.1) is 22.8 Å². The normalized spacial score (nSPS) is 16.8. The van der Waals surface area contributed by atoms with E-state index in [0.717, 1.165) is 64.3 Å². The number of aromatic amines is 1. The third kappa shape index (κ3) is 3.49. The smallest absolute Gasteiger partial charge is 0.286 e. The Bertz CT molecular complexity index is 1260. The molecule has 3 aromatic heterocycles. The molecule has 154 valence electrons. The number of aryl methyl sites for hydroxylation is 2. The molecule has 0 amide bonds. The molecular formula is C21H23ClN7S+. The molecule has 0 spiro atoms. The zero-order chi connectivity index (χ0) is 20.8. The summed E-state index contributed by atoms with van der Waals surface area (Å²) < 4.78 is 1.94. The molecule has 1 aromatic carbocycles. The summed E-state index contributed by atoms with van der Waals surface area (Å²) in [4.78, 5) is 20.8. The van der Waals surface area contributed by atoms with Gasteiger partial charge in [-0.25, -0.2) is 14.5 Å². The van der Waals surface area contributed by atoms with Crippen LogP contribution < -0.4 is 15.2 Å². The van der Waals surface area contributed by atoms with Gasteiger partial charge in [0.2, 0.25) is 0 Å². The van der Waals surface area contributed by atoms with Crippen LogP contribution in [0.3, 0.4) is 0 Å². The minimum absolute atomic E-state index is 0.155. The van der Waals surface area contributed by atoms with Crippen molar-refractivity contribution in [3.8, 4) is 0 Å². The Morgan fingerprint density at radius 2 is 2.23 bits per heavy atom. The van der Waals surface area contributed by atoms with Crippen molar-refractivity contribution >= 4 is 51.1 Å². The number of aromatic nitrogens is 5. The van der Waals surface area contributed by atoms with E-state index in [4.69, 9.17) is 27.3 Å². The summed E-state index contributed by atoms with van der Waals surface area (Å²) in [5, 5.41) is 3.37. The van der Waals surface area contributed by atoms with Crippen LogP contribution in [0.5, 0.6) is 0 Å². The number of benzene rings is 1. The maximum Gasteiger partial charge on any atom is 0.286 e. The Kier molecular flexibility index (Phi) is 5.00. The predicted octanol–water partition coefficient (Wildman–Crippen LogP) is 3.24. The number of nitrogens with one attached hydrogen (secondary N) is 1. The van der Waals surface area contributed by atoms with E-state index in [1.54, 1.807) is 6.33 Å². The van der Waals surface area contributed by atoms with E-state index >= 15 is 0 Å². The van der Waals surface area contributed by atoms with E-state index in [9.17, 15) is 0 Å². The van der Waals surface area contributed by atoms with Gasteiger partial charge in [0, 0.05) is 35.8 Å². The first kappa shape index (κ1) is 19.5. The molecule has 5 rings (SSSR count). The third-order valence-corrected chi connectivity index (χ3v) is 6.71. The molecule has 0 unspecified atom stereocenters. The van der Waals surface area contributed by atoms with Gasteiger partial charge in [-0.1, -0.05) is 18.5 Å². The van der Waals surface area contributed by atoms with Gasteiger partial charge in [-0.3, -0.25) is 0 Å². The number of nitrogens with two attached hydrogens (primary N) is 1. The van der Waals surface area contributed by atoms with Crippen LogP contribution in [-0.2, 0) is 13.5 Å². The lowest BCUT2D eigenvalue weighted by Gasteiger charge is -2.18. The van der Waals surface area contributed by atoms with Crippen LogP contribution in [-0.4, -0.2) is 39.1 Å². The SMILES string of the molecule is CCc1[nH]c2nc(Sc3ccc4c[n+](C)cnc4c3)nc(N3CC[C@H](N)C3)c2c1Cl. The first-order chi connectivity index (χ1) is 14.5. The Hall–Kier alpha value is -2.42. The van der Waals surface area contributed by atoms with Crippen LogP contribution in [0.1, 0.15) is 19.0 Å². The Balaban J connectivity index is 1.58. The highest BCUT2D eigenvalue weighted by Crippen LogP contribution is 2.37. The summed E-state index contributed by atoms with van der Waals surface area (Å²) in [5.41, 5.74) is 8.86. The highest BCUT2D eigenvalue weighted by Gasteiger charge is 2.26. The first-order valence-electron chi connectivity index (χ1n) is 10.0. The van der Waals surface area contributed by atoms with Crippen molar-refractivity contribution < 1.29 is 4.57 Å². The van der Waals surface area contributed by atoms with E-state index in [-0.39, 0.29) is 6.04 Å². The summed E-state index contributed by atoms with van der Waals surface area (Å²) in [7, 11) is 1.97. The Labute approximate surface area is 183 Å². The molecule has 9 heteroatoms. The monoisotopic (exact) mass is 440 g/mol. The number of hydrogen-bond acceptors (Lipinski definition) is 6. The van der Waals surface area contributed by atoms with Gasteiger partial charge in [0.15, 0.2) is 10.7 Å². The van der Waals surface area contributed by atoms with Crippen LogP contribution in [0.15, 0.2) is 40.8 Å². The number of fused-ring (bicyclic) bond motifs is 2. The van der Waals surface area contributed by atoms with Crippen LogP contribution in [0.25, 0.3) is 21.9 Å². The largest absolute Gasteiger partial charge is 0.354 e. The van der Waals surface area contributed by atoms with Crippen molar-refractivity contribution in [1.29, 1.82) is 0 Å². The lowest BCUT2D eigenvalue weighted by atomic mass is 10.2. The predicted molar refractivity (Wildman–Crippen MR) is 120 cm³/mol. The van der Waals surface area contributed by atoms with Gasteiger partial charge >= 0.3 is 0 Å². The average Bonchev–Trinajstić information content (AvgIpc) is 3.30. The molecule has 0 saturated carbocycles. The van der Waals surface area contributed by atoms with Crippen molar-refractivity contribution in [3.63, 3.8) is 0 Å². The maximum absolute atomic E-state index is 6.68. The second-order valence-corrected chi connectivity index (χ2v) is 9.10. The van der Waals surface area contributed by atoms with E-state index in [2.05, 4.69) is 46.2 Å². The summed E-state index contributed by atoms with van der Waals surface area (Å²) in [6.07, 6.45) is 5.62. The quantitative estimate of drug-likeness (QED) is 0.374. The molecule has 1 aliphatic rings. The fraction of sp³-hybridized carbons (Fsp3) is 0.333. The average molecular weight is 441 g/mol. The highest BCUT2D eigenvalue weighted by atomic mass is 35.5. The molecule has 0 radical (unpaired) electrons. The van der Waals surface area contributed by atoms with Crippen LogP contribution in [0.2, 0.25) is 5.02 Å². The molecule has 1 atom stereocenters. The van der Waals surface area contributed by atoms with E-state index in [1.807, 2.05) is 11.6 Å². The molecule has 1 saturated heterocycles. The lowest BCUT2D eigenvalue weighted by Crippen LogP contribution is -2.27. The fourth-order valence-electron chi connectivity index (χ4n) is 3.89. The zero-order valence-electron chi connectivity index (χ0n) is 16.9. The molecule has 0 aliphatic carbocycles. The number of hydrogen-bond donors (Lipinski definition) is 2. The topological polar surface area (TPSA) is 87.6 Å². The summed E-state index contributed by atoms with van der Waals surface area (Å²) >= 11 is 8.21. The molecule has 30 heavy (non-hydrogen) atoms. The van der Waals surface area contributed by atoms with Crippen molar-refractivity contribution in [3.05, 3.63) is 41.4 Å². The van der Waals surface area contributed by atoms with Crippen LogP contribution in [0.4, 0.5) is 5.82 Å². The minimum atomic E-state index is 0.155. The van der Waals surface area contributed by atoms with Crippen LogP contribution >= 0.6 is 23.4 Å². The standard InChI is InChI=1S/C21H23ClN7S/c1-3-15-18(22)17-19(25-15)26-21(27-20(17)29-7-6-13(23)10-29)30-14-5-4-12-9-28(2)11-24-16(12)8-14/h4-5,8-9,11,13H,3,6-7,10,23H2,1-2H3,(H,25,26,27)/q+1/t13-/m0/s1. The van der Waals surface area contributed by atoms with Crippen LogP contribution in [0, 0.1) is 0 Å². The third-order valence-electron chi connectivity index (χ3n) is 5.43. The fourth-order valence-corrected chi connectivity index (χ4v) is 5.03. The van der Waals surface area contributed by atoms with Gasteiger partial charge in [0.1, 0.15) is 17.7 Å². The van der Waals surface area contributed by atoms with Gasteiger partial charge in [-0.05, 0) is 41.7 Å². The number of anilines is 1. The first-order valence-corrected chi connectivity index (χ1v) is 11.2. The molecule has 0 bridgehead atoms. The zero-order valence-corrected chi connectivity index (χ0v) is 18.5. The maximum atomic E-state index is 6.68. The molecule has 1 fully saturated rings. The number of H-pyrrole nitrogens is 1.